The average molecular weight is 497 g/mol. The number of rotatable bonds is 8. The number of nitrogens with one attached hydrogen (secondary N) is 1. The lowest BCUT2D eigenvalue weighted by Gasteiger charge is -2.09. The number of hydrogen-bond donors (Lipinski definition) is 1. The lowest BCUT2D eigenvalue weighted by molar-refractivity contribution is 0.0734. The normalized spacial score (nSPS) is 10.7. The number of carbonyl (C=O) groups excluding carboxylic acids is 2. The van der Waals surface area contributed by atoms with Crippen LogP contribution in [0.15, 0.2) is 84.1 Å². The standard InChI is InChI=1S/C28H24N4O5/c1-18-23(17-29-26(31-18)20-9-5-4-6-10-20)27(33)32-30-16-19-8-7-11-22(14-19)37-28(34)21-12-13-24(35-2)25(15-21)36-3/h4-17H,1-3H3,(H,32,33)/b30-16-. The maximum absolute atomic E-state index is 12.6. The van der Waals surface area contributed by atoms with Gasteiger partial charge >= 0.3 is 5.97 Å². The van der Waals surface area contributed by atoms with Crippen LogP contribution < -0.4 is 19.6 Å². The molecular formula is C28H24N4O5. The van der Waals surface area contributed by atoms with E-state index in [9.17, 15) is 9.59 Å². The second kappa shape index (κ2) is 11.6. The third kappa shape index (κ3) is 6.15. The van der Waals surface area contributed by atoms with Gasteiger partial charge < -0.3 is 14.2 Å². The zero-order valence-electron chi connectivity index (χ0n) is 20.5. The minimum Gasteiger partial charge on any atom is -0.493 e. The zero-order chi connectivity index (χ0) is 26.2. The van der Waals surface area contributed by atoms with E-state index >= 15 is 0 Å². The number of aryl methyl sites for hydroxylation is 1. The second-order valence-electron chi connectivity index (χ2n) is 7.79. The third-order valence-electron chi connectivity index (χ3n) is 5.32. The molecule has 0 spiro atoms. The van der Waals surface area contributed by atoms with Crippen molar-refractivity contribution in [3.8, 4) is 28.6 Å². The molecule has 0 aliphatic carbocycles. The van der Waals surface area contributed by atoms with Crippen LogP contribution in [-0.4, -0.2) is 42.3 Å². The van der Waals surface area contributed by atoms with Crippen LogP contribution in [0.2, 0.25) is 0 Å². The highest BCUT2D eigenvalue weighted by atomic mass is 16.5. The zero-order valence-corrected chi connectivity index (χ0v) is 20.5. The van der Waals surface area contributed by atoms with Crippen LogP contribution in [0.4, 0.5) is 0 Å². The van der Waals surface area contributed by atoms with E-state index in [1.807, 2.05) is 30.3 Å². The predicted octanol–water partition coefficient (Wildman–Crippen LogP) is 4.45. The lowest BCUT2D eigenvalue weighted by Crippen LogP contribution is -2.19. The van der Waals surface area contributed by atoms with Crippen LogP contribution in [0.25, 0.3) is 11.4 Å². The number of nitrogens with zero attached hydrogens (tertiary/aromatic N) is 3. The van der Waals surface area contributed by atoms with Crippen LogP contribution >= 0.6 is 0 Å². The van der Waals surface area contributed by atoms with E-state index in [2.05, 4.69) is 20.5 Å². The summed E-state index contributed by atoms with van der Waals surface area (Å²) in [5.74, 6) is 0.785. The van der Waals surface area contributed by atoms with Crippen molar-refractivity contribution in [1.82, 2.24) is 15.4 Å². The van der Waals surface area contributed by atoms with Crippen molar-refractivity contribution >= 4 is 18.1 Å². The Morgan fingerprint density at radius 3 is 2.43 bits per heavy atom. The van der Waals surface area contributed by atoms with Gasteiger partial charge in [-0.05, 0) is 42.8 Å². The minimum absolute atomic E-state index is 0.305. The van der Waals surface area contributed by atoms with Gasteiger partial charge in [0.1, 0.15) is 5.75 Å². The fraction of sp³-hybridized carbons (Fsp3) is 0.107. The molecule has 0 saturated heterocycles. The Morgan fingerprint density at radius 1 is 0.919 bits per heavy atom. The quantitative estimate of drug-likeness (QED) is 0.166. The molecule has 4 rings (SSSR count). The number of amides is 1. The Morgan fingerprint density at radius 2 is 1.70 bits per heavy atom. The first kappa shape index (κ1) is 25.1. The van der Waals surface area contributed by atoms with Gasteiger partial charge in [-0.2, -0.15) is 5.10 Å². The monoisotopic (exact) mass is 496 g/mol. The minimum atomic E-state index is -0.558. The van der Waals surface area contributed by atoms with Crippen molar-refractivity contribution in [2.75, 3.05) is 14.2 Å². The van der Waals surface area contributed by atoms with Gasteiger partial charge in [0, 0.05) is 11.8 Å². The molecule has 4 aromatic rings. The van der Waals surface area contributed by atoms with Crippen LogP contribution in [-0.2, 0) is 0 Å². The van der Waals surface area contributed by atoms with Crippen molar-refractivity contribution in [1.29, 1.82) is 0 Å². The number of carbonyl (C=O) groups is 2. The van der Waals surface area contributed by atoms with Gasteiger partial charge in [0.25, 0.3) is 5.91 Å². The molecule has 1 heterocycles. The van der Waals surface area contributed by atoms with E-state index in [0.29, 0.717) is 45.5 Å². The predicted molar refractivity (Wildman–Crippen MR) is 138 cm³/mol. The molecule has 37 heavy (non-hydrogen) atoms. The van der Waals surface area contributed by atoms with E-state index in [0.717, 1.165) is 5.56 Å². The van der Waals surface area contributed by atoms with Gasteiger partial charge in [-0.1, -0.05) is 42.5 Å². The largest absolute Gasteiger partial charge is 0.493 e. The Hall–Kier alpha value is -5.05. The molecule has 0 radical (unpaired) electrons. The lowest BCUT2D eigenvalue weighted by atomic mass is 10.2. The number of hydrogen-bond acceptors (Lipinski definition) is 8. The van der Waals surface area contributed by atoms with Crippen molar-refractivity contribution in [2.24, 2.45) is 5.10 Å². The van der Waals surface area contributed by atoms with Crippen LogP contribution in [0, 0.1) is 6.92 Å². The SMILES string of the molecule is COc1ccc(C(=O)Oc2cccc(/C=N\NC(=O)c3cnc(-c4ccccc4)nc3C)c2)cc1OC. The first-order valence-electron chi connectivity index (χ1n) is 11.2. The summed E-state index contributed by atoms with van der Waals surface area (Å²) in [5, 5.41) is 4.01. The van der Waals surface area contributed by atoms with Crippen molar-refractivity contribution in [3.05, 3.63) is 101 Å². The molecule has 9 nitrogen and oxygen atoms in total. The van der Waals surface area contributed by atoms with Crippen LogP contribution in [0.5, 0.6) is 17.2 Å². The van der Waals surface area contributed by atoms with Gasteiger partial charge in [-0.3, -0.25) is 4.79 Å². The number of aromatic nitrogens is 2. The second-order valence-corrected chi connectivity index (χ2v) is 7.79. The first-order chi connectivity index (χ1) is 18.0. The van der Waals surface area contributed by atoms with Gasteiger partial charge in [0.15, 0.2) is 17.3 Å². The van der Waals surface area contributed by atoms with E-state index in [4.69, 9.17) is 14.2 Å². The maximum atomic E-state index is 12.6. The summed E-state index contributed by atoms with van der Waals surface area (Å²) in [7, 11) is 3.00. The van der Waals surface area contributed by atoms with Crippen molar-refractivity contribution < 1.29 is 23.8 Å². The molecule has 9 heteroatoms. The average Bonchev–Trinajstić information content (AvgIpc) is 2.93. The molecule has 0 unspecified atom stereocenters. The third-order valence-corrected chi connectivity index (χ3v) is 5.32. The molecule has 1 N–H and O–H groups in total. The molecule has 1 aromatic heterocycles. The highest BCUT2D eigenvalue weighted by molar-refractivity contribution is 5.96. The number of esters is 1. The molecule has 0 atom stereocenters. The molecule has 0 saturated carbocycles. The van der Waals surface area contributed by atoms with E-state index in [1.165, 1.54) is 26.6 Å². The molecule has 0 bridgehead atoms. The fourth-order valence-electron chi connectivity index (χ4n) is 3.43. The van der Waals surface area contributed by atoms with Crippen LogP contribution in [0.3, 0.4) is 0 Å². The molecule has 0 aliphatic rings. The van der Waals surface area contributed by atoms with E-state index in [1.54, 1.807) is 49.4 Å². The number of methoxy groups -OCH3 is 2. The van der Waals surface area contributed by atoms with E-state index < -0.39 is 11.9 Å². The maximum Gasteiger partial charge on any atom is 0.343 e. The Kier molecular flexibility index (Phi) is 7.85. The smallest absolute Gasteiger partial charge is 0.343 e. The summed E-state index contributed by atoms with van der Waals surface area (Å²) in [6, 6.07) is 21.0. The first-order valence-corrected chi connectivity index (χ1v) is 11.2. The molecule has 3 aromatic carbocycles. The highest BCUT2D eigenvalue weighted by Gasteiger charge is 2.14. The summed E-state index contributed by atoms with van der Waals surface area (Å²) in [6.45, 7) is 1.74. The van der Waals surface area contributed by atoms with Crippen molar-refractivity contribution in [3.63, 3.8) is 0 Å². The summed E-state index contributed by atoms with van der Waals surface area (Å²) >= 11 is 0. The fourth-order valence-corrected chi connectivity index (χ4v) is 3.43. The molecule has 0 aliphatic heterocycles. The summed E-state index contributed by atoms with van der Waals surface area (Å²) in [4.78, 5) is 33.9. The van der Waals surface area contributed by atoms with Gasteiger partial charge in [-0.25, -0.2) is 20.2 Å². The summed E-state index contributed by atoms with van der Waals surface area (Å²) in [6.07, 6.45) is 2.92. The summed E-state index contributed by atoms with van der Waals surface area (Å²) < 4.78 is 15.9. The van der Waals surface area contributed by atoms with Gasteiger partial charge in [0.2, 0.25) is 0 Å². The Bertz CT molecular complexity index is 1450. The number of ether oxygens (including phenoxy) is 3. The number of hydrazone groups is 1. The Labute approximate surface area is 213 Å². The van der Waals surface area contributed by atoms with Gasteiger partial charge in [0.05, 0.1) is 37.3 Å². The topological polar surface area (TPSA) is 112 Å². The molecule has 186 valence electrons. The van der Waals surface area contributed by atoms with Gasteiger partial charge in [-0.15, -0.1) is 0 Å². The molecular weight excluding hydrogens is 472 g/mol. The highest BCUT2D eigenvalue weighted by Crippen LogP contribution is 2.28. The van der Waals surface area contributed by atoms with Crippen LogP contribution in [0.1, 0.15) is 32.0 Å². The van der Waals surface area contributed by atoms with E-state index in [-0.39, 0.29) is 0 Å². The summed E-state index contributed by atoms with van der Waals surface area (Å²) in [5.41, 5.74) is 5.11. The van der Waals surface area contributed by atoms with Crippen molar-refractivity contribution in [2.45, 2.75) is 6.92 Å². The number of benzene rings is 3. The Balaban J connectivity index is 1.39. The molecule has 0 fully saturated rings. The molecule has 1 amide bonds.